The largest absolute Gasteiger partial charge is 0.454 e. The second-order valence-corrected chi connectivity index (χ2v) is 8.52. The zero-order valence-electron chi connectivity index (χ0n) is 21.0. The van der Waals surface area contributed by atoms with E-state index in [1.807, 2.05) is 0 Å². The molecule has 0 aliphatic rings. The van der Waals surface area contributed by atoms with Gasteiger partial charge in [-0.1, -0.05) is 12.8 Å². The van der Waals surface area contributed by atoms with Gasteiger partial charge in [-0.25, -0.2) is 0 Å². The minimum absolute atomic E-state index is 0.00401. The summed E-state index contributed by atoms with van der Waals surface area (Å²) in [4.78, 5) is 36.0. The number of rotatable bonds is 18. The quantitative estimate of drug-likeness (QED) is 0.130. The topological polar surface area (TPSA) is 88.1 Å². The van der Waals surface area contributed by atoms with Gasteiger partial charge in [0.15, 0.2) is 12.2 Å². The van der Waals surface area contributed by atoms with Crippen LogP contribution in [-0.4, -0.2) is 68.7 Å². The number of Topliss-reactive ketones (excluding diaryl/α,β-unsaturated/α-hetero) is 1. The molecule has 36 heavy (non-hydrogen) atoms. The van der Waals surface area contributed by atoms with Crippen LogP contribution in [0.2, 0.25) is 0 Å². The fourth-order valence-corrected chi connectivity index (χ4v) is 3.65. The number of hydrogen-bond donors (Lipinski definition) is 0. The van der Waals surface area contributed by atoms with Crippen LogP contribution in [0.5, 0.6) is 0 Å². The molecule has 0 bridgehead atoms. The van der Waals surface area contributed by atoms with E-state index in [9.17, 15) is 40.7 Å². The van der Waals surface area contributed by atoms with E-state index in [1.165, 1.54) is 14.2 Å². The lowest BCUT2D eigenvalue weighted by atomic mass is 9.97. The maximum Gasteiger partial charge on any atom is 0.391 e. The molecular formula is C23H36F6O7. The number of esters is 2. The average molecular weight is 539 g/mol. The summed E-state index contributed by atoms with van der Waals surface area (Å²) in [6.07, 6.45) is -14.5. The number of carbonyl (C=O) groups is 3. The van der Waals surface area contributed by atoms with Crippen LogP contribution in [0.1, 0.15) is 78.1 Å². The number of halogens is 6. The molecule has 0 rings (SSSR count). The van der Waals surface area contributed by atoms with Gasteiger partial charge in [0.1, 0.15) is 0 Å². The zero-order chi connectivity index (χ0) is 27.9. The van der Waals surface area contributed by atoms with Crippen LogP contribution in [0.4, 0.5) is 26.3 Å². The Morgan fingerprint density at radius 1 is 0.611 bits per heavy atom. The van der Waals surface area contributed by atoms with E-state index in [0.717, 1.165) is 13.8 Å². The van der Waals surface area contributed by atoms with Crippen molar-refractivity contribution >= 4 is 17.7 Å². The van der Waals surface area contributed by atoms with Crippen molar-refractivity contribution in [2.24, 2.45) is 0 Å². The Balaban J connectivity index is 4.99. The van der Waals surface area contributed by atoms with Crippen LogP contribution in [-0.2, 0) is 33.3 Å². The molecule has 0 spiro atoms. The molecule has 7 nitrogen and oxygen atoms in total. The van der Waals surface area contributed by atoms with Crippen molar-refractivity contribution in [1.29, 1.82) is 0 Å². The van der Waals surface area contributed by atoms with Gasteiger partial charge in [-0.15, -0.1) is 0 Å². The molecule has 0 aromatic rings. The number of unbranched alkanes of at least 4 members (excludes halogenated alkanes) is 2. The average Bonchev–Trinajstić information content (AvgIpc) is 2.73. The maximum atomic E-state index is 13.0. The molecule has 0 saturated carbocycles. The minimum atomic E-state index is -4.38. The van der Waals surface area contributed by atoms with E-state index in [-0.39, 0.29) is 51.4 Å². The highest BCUT2D eigenvalue weighted by Crippen LogP contribution is 2.27. The van der Waals surface area contributed by atoms with Gasteiger partial charge in [-0.2, -0.15) is 26.3 Å². The first-order chi connectivity index (χ1) is 16.6. The molecule has 0 saturated heterocycles. The lowest BCUT2D eigenvalue weighted by Crippen LogP contribution is -2.38. The van der Waals surface area contributed by atoms with E-state index >= 15 is 0 Å². The number of methoxy groups -OCH3 is 2. The third kappa shape index (κ3) is 17.5. The second kappa shape index (κ2) is 16.8. The fourth-order valence-electron chi connectivity index (χ4n) is 3.65. The summed E-state index contributed by atoms with van der Waals surface area (Å²) >= 11 is 0. The summed E-state index contributed by atoms with van der Waals surface area (Å²) in [7, 11) is 2.34. The minimum Gasteiger partial charge on any atom is -0.454 e. The molecule has 0 aromatic heterocycles. The highest BCUT2D eigenvalue weighted by Gasteiger charge is 2.34. The van der Waals surface area contributed by atoms with Crippen molar-refractivity contribution in [3.8, 4) is 0 Å². The normalized spacial score (nSPS) is 15.6. The number of ether oxygens (including phenoxy) is 4. The van der Waals surface area contributed by atoms with E-state index in [1.54, 1.807) is 0 Å². The summed E-state index contributed by atoms with van der Waals surface area (Å²) in [6.45, 7) is 2.16. The molecule has 0 heterocycles. The predicted octanol–water partition coefficient (Wildman–Crippen LogP) is 5.47. The Labute approximate surface area is 207 Å². The number of carbonyl (C=O) groups excluding carboxylic acids is 3. The van der Waals surface area contributed by atoms with Gasteiger partial charge in [0, 0.05) is 28.1 Å². The fraction of sp³-hybridized carbons (Fsp3) is 0.870. The Morgan fingerprint density at radius 2 is 0.917 bits per heavy atom. The van der Waals surface area contributed by atoms with Crippen molar-refractivity contribution in [2.75, 3.05) is 14.2 Å². The van der Waals surface area contributed by atoms with Crippen LogP contribution >= 0.6 is 0 Å². The van der Waals surface area contributed by atoms with Gasteiger partial charge >= 0.3 is 24.3 Å². The standard InChI is InChI=1S/C23H36F6O7/c1-15(30)35-19(11-7-5-9-17(33-3)13-22(24,25)26)21(32)20(36-16(2)31)12-8-6-10-18(34-4)14-23(27,28)29/h17-20H,5-14H2,1-4H3/t17?,18?,19-,20-/m1/s1. The summed E-state index contributed by atoms with van der Waals surface area (Å²) in [5.74, 6) is -2.23. The Kier molecular flexibility index (Phi) is 15.9. The van der Waals surface area contributed by atoms with Gasteiger partial charge in [-0.3, -0.25) is 14.4 Å². The predicted molar refractivity (Wildman–Crippen MR) is 116 cm³/mol. The Bertz CT molecular complexity index is 612. The van der Waals surface area contributed by atoms with Crippen molar-refractivity contribution in [3.63, 3.8) is 0 Å². The van der Waals surface area contributed by atoms with Gasteiger partial charge in [0.2, 0.25) is 5.78 Å². The zero-order valence-corrected chi connectivity index (χ0v) is 21.0. The van der Waals surface area contributed by atoms with Gasteiger partial charge in [0.25, 0.3) is 0 Å². The molecule has 0 radical (unpaired) electrons. The summed E-state index contributed by atoms with van der Waals surface area (Å²) in [5, 5.41) is 0. The highest BCUT2D eigenvalue weighted by molar-refractivity contribution is 5.90. The molecule has 0 fully saturated rings. The Morgan fingerprint density at radius 3 is 1.17 bits per heavy atom. The molecule has 4 atom stereocenters. The molecule has 212 valence electrons. The van der Waals surface area contributed by atoms with Crippen LogP contribution < -0.4 is 0 Å². The van der Waals surface area contributed by atoms with Gasteiger partial charge in [-0.05, 0) is 38.5 Å². The van der Waals surface area contributed by atoms with Crippen molar-refractivity contribution in [1.82, 2.24) is 0 Å². The third-order valence-electron chi connectivity index (χ3n) is 5.32. The van der Waals surface area contributed by atoms with E-state index < -0.39 is 67.3 Å². The van der Waals surface area contributed by atoms with E-state index in [0.29, 0.717) is 0 Å². The summed E-state index contributed by atoms with van der Waals surface area (Å²) < 4.78 is 95.1. The number of alkyl halides is 6. The lowest BCUT2D eigenvalue weighted by molar-refractivity contribution is -0.164. The molecule has 0 aliphatic heterocycles. The van der Waals surface area contributed by atoms with Crippen LogP contribution in [0.15, 0.2) is 0 Å². The number of ketones is 1. The lowest BCUT2D eigenvalue weighted by Gasteiger charge is -2.23. The molecule has 0 aromatic carbocycles. The molecule has 13 heteroatoms. The van der Waals surface area contributed by atoms with Crippen LogP contribution in [0, 0.1) is 0 Å². The summed E-state index contributed by atoms with van der Waals surface area (Å²) in [5.41, 5.74) is 0. The molecule has 0 amide bonds. The van der Waals surface area contributed by atoms with Crippen molar-refractivity contribution in [3.05, 3.63) is 0 Å². The SMILES string of the molecule is COC(CCCC[C@@H](OC(C)=O)C(=O)[C@@H](CCCCC(CC(F)(F)F)OC)OC(C)=O)CC(F)(F)F. The maximum absolute atomic E-state index is 13.0. The molecule has 0 N–H and O–H groups in total. The molecular weight excluding hydrogens is 502 g/mol. The first kappa shape index (κ1) is 34.1. The number of hydrogen-bond acceptors (Lipinski definition) is 7. The second-order valence-electron chi connectivity index (χ2n) is 8.52. The monoisotopic (exact) mass is 538 g/mol. The smallest absolute Gasteiger partial charge is 0.391 e. The van der Waals surface area contributed by atoms with E-state index in [2.05, 4.69) is 0 Å². The highest BCUT2D eigenvalue weighted by atomic mass is 19.4. The van der Waals surface area contributed by atoms with Gasteiger partial charge in [0.05, 0.1) is 25.0 Å². The first-order valence-electron chi connectivity index (χ1n) is 11.6. The molecule has 0 aliphatic carbocycles. The van der Waals surface area contributed by atoms with Crippen molar-refractivity contribution in [2.45, 2.75) is 115 Å². The van der Waals surface area contributed by atoms with Crippen LogP contribution in [0.25, 0.3) is 0 Å². The van der Waals surface area contributed by atoms with E-state index in [4.69, 9.17) is 18.9 Å². The summed E-state index contributed by atoms with van der Waals surface area (Å²) in [6, 6.07) is 0. The van der Waals surface area contributed by atoms with Crippen LogP contribution in [0.3, 0.4) is 0 Å². The molecule has 2 unspecified atom stereocenters. The van der Waals surface area contributed by atoms with Gasteiger partial charge < -0.3 is 18.9 Å². The third-order valence-corrected chi connectivity index (χ3v) is 5.32. The Hall–Kier alpha value is -1.89. The van der Waals surface area contributed by atoms with Crippen molar-refractivity contribution < 1.29 is 59.7 Å². The first-order valence-corrected chi connectivity index (χ1v) is 11.6.